The molecule has 0 fully saturated rings. The average molecular weight is 311 g/mol. The number of halogens is 3. The number of anilines is 1. The Morgan fingerprint density at radius 3 is 2.43 bits per heavy atom. The van der Waals surface area contributed by atoms with Crippen molar-refractivity contribution >= 4 is 22.9 Å². The summed E-state index contributed by atoms with van der Waals surface area (Å²) in [5, 5.41) is 3.06. The first-order chi connectivity index (χ1) is 9.88. The van der Waals surface area contributed by atoms with Crippen molar-refractivity contribution in [2.24, 2.45) is 5.73 Å². The minimum atomic E-state index is -4.33. The molecular weight excluding hydrogens is 299 g/mol. The third-order valence-electron chi connectivity index (χ3n) is 2.81. The fourth-order valence-electron chi connectivity index (χ4n) is 1.75. The van der Waals surface area contributed by atoms with Gasteiger partial charge in [0, 0.05) is 12.7 Å². The molecule has 110 valence electrons. The van der Waals surface area contributed by atoms with E-state index in [1.165, 1.54) is 12.1 Å². The average Bonchev–Trinajstić information content (AvgIpc) is 2.45. The Morgan fingerprint density at radius 2 is 1.86 bits per heavy atom. The van der Waals surface area contributed by atoms with Crippen molar-refractivity contribution in [2.45, 2.75) is 12.7 Å². The molecule has 0 aliphatic carbocycles. The van der Waals surface area contributed by atoms with E-state index in [9.17, 15) is 13.2 Å². The van der Waals surface area contributed by atoms with Crippen LogP contribution in [0, 0.1) is 0 Å². The second-order valence-electron chi connectivity index (χ2n) is 4.31. The lowest BCUT2D eigenvalue weighted by molar-refractivity contribution is -0.137. The molecular formula is C14H12F3N3S. The lowest BCUT2D eigenvalue weighted by atomic mass is 10.1. The highest BCUT2D eigenvalue weighted by Crippen LogP contribution is 2.29. The molecule has 3 N–H and O–H groups in total. The number of hydrogen-bond donors (Lipinski definition) is 2. The van der Waals surface area contributed by atoms with Gasteiger partial charge in [-0.05, 0) is 29.8 Å². The van der Waals surface area contributed by atoms with Crippen molar-refractivity contribution in [3.8, 4) is 0 Å². The Morgan fingerprint density at radius 1 is 1.19 bits per heavy atom. The lowest BCUT2D eigenvalue weighted by Gasteiger charge is -2.11. The molecule has 0 saturated heterocycles. The standard InChI is InChI=1S/C14H12F3N3S/c15-14(16,17)10-5-3-9(4-6-10)8-20-11-2-1-7-19-12(11)13(18)21/h1-7,20H,8H2,(H2,18,21). The topological polar surface area (TPSA) is 50.9 Å². The van der Waals surface area contributed by atoms with E-state index >= 15 is 0 Å². The van der Waals surface area contributed by atoms with Crippen molar-refractivity contribution in [1.82, 2.24) is 4.98 Å². The molecule has 0 amide bonds. The Kier molecular flexibility index (Phi) is 4.42. The summed E-state index contributed by atoms with van der Waals surface area (Å²) >= 11 is 4.89. The van der Waals surface area contributed by atoms with Crippen LogP contribution in [-0.4, -0.2) is 9.97 Å². The molecule has 1 aromatic heterocycles. The van der Waals surface area contributed by atoms with Gasteiger partial charge >= 0.3 is 6.18 Å². The van der Waals surface area contributed by atoms with Crippen molar-refractivity contribution in [1.29, 1.82) is 0 Å². The largest absolute Gasteiger partial charge is 0.416 e. The minimum absolute atomic E-state index is 0.158. The maximum atomic E-state index is 12.5. The van der Waals surface area contributed by atoms with Gasteiger partial charge in [-0.25, -0.2) is 0 Å². The summed E-state index contributed by atoms with van der Waals surface area (Å²) in [5.74, 6) is 0. The lowest BCUT2D eigenvalue weighted by Crippen LogP contribution is -2.15. The van der Waals surface area contributed by atoms with Crippen LogP contribution in [0.15, 0.2) is 42.6 Å². The van der Waals surface area contributed by atoms with Crippen molar-refractivity contribution in [2.75, 3.05) is 5.32 Å². The van der Waals surface area contributed by atoms with Crippen LogP contribution in [0.3, 0.4) is 0 Å². The molecule has 0 aliphatic rings. The van der Waals surface area contributed by atoms with Gasteiger partial charge in [-0.2, -0.15) is 13.2 Å². The Labute approximate surface area is 125 Å². The molecule has 7 heteroatoms. The zero-order valence-corrected chi connectivity index (χ0v) is 11.6. The second-order valence-corrected chi connectivity index (χ2v) is 4.75. The quantitative estimate of drug-likeness (QED) is 0.850. The van der Waals surface area contributed by atoms with Crippen LogP contribution in [0.5, 0.6) is 0 Å². The van der Waals surface area contributed by atoms with Crippen LogP contribution < -0.4 is 11.1 Å². The maximum Gasteiger partial charge on any atom is 0.416 e. The summed E-state index contributed by atoms with van der Waals surface area (Å²) in [6.45, 7) is 0.347. The van der Waals surface area contributed by atoms with E-state index in [1.54, 1.807) is 18.3 Å². The van der Waals surface area contributed by atoms with Gasteiger partial charge in [-0.1, -0.05) is 24.4 Å². The normalized spacial score (nSPS) is 11.2. The number of nitrogens with two attached hydrogens (primary N) is 1. The van der Waals surface area contributed by atoms with Gasteiger partial charge < -0.3 is 11.1 Å². The highest BCUT2D eigenvalue weighted by molar-refractivity contribution is 7.80. The van der Waals surface area contributed by atoms with Crippen LogP contribution in [-0.2, 0) is 12.7 Å². The first kappa shape index (κ1) is 15.2. The highest BCUT2D eigenvalue weighted by Gasteiger charge is 2.29. The Bertz CT molecular complexity index is 639. The van der Waals surface area contributed by atoms with E-state index in [2.05, 4.69) is 10.3 Å². The Balaban J connectivity index is 2.09. The van der Waals surface area contributed by atoms with Gasteiger partial charge in [-0.3, -0.25) is 4.98 Å². The van der Waals surface area contributed by atoms with Crippen molar-refractivity contribution in [3.05, 3.63) is 59.4 Å². The zero-order chi connectivity index (χ0) is 15.5. The fourth-order valence-corrected chi connectivity index (χ4v) is 1.92. The summed E-state index contributed by atoms with van der Waals surface area (Å²) in [6, 6.07) is 8.42. The molecule has 0 unspecified atom stereocenters. The molecule has 0 atom stereocenters. The summed E-state index contributed by atoms with van der Waals surface area (Å²) < 4.78 is 37.4. The number of alkyl halides is 3. The molecule has 0 aliphatic heterocycles. The number of thiocarbonyl (C=S) groups is 1. The zero-order valence-electron chi connectivity index (χ0n) is 10.8. The maximum absolute atomic E-state index is 12.5. The molecule has 0 bridgehead atoms. The third-order valence-corrected chi connectivity index (χ3v) is 3.00. The molecule has 1 aromatic carbocycles. The van der Waals surface area contributed by atoms with Gasteiger partial charge in [0.05, 0.1) is 11.3 Å². The van der Waals surface area contributed by atoms with Crippen molar-refractivity contribution in [3.63, 3.8) is 0 Å². The van der Waals surface area contributed by atoms with Crippen LogP contribution >= 0.6 is 12.2 Å². The predicted octanol–water partition coefficient (Wildman–Crippen LogP) is 3.35. The molecule has 0 spiro atoms. The molecule has 0 radical (unpaired) electrons. The van der Waals surface area contributed by atoms with E-state index in [-0.39, 0.29) is 4.99 Å². The molecule has 0 saturated carbocycles. The summed E-state index contributed by atoms with van der Waals surface area (Å²) in [5.41, 5.74) is 6.70. The van der Waals surface area contributed by atoms with Gasteiger partial charge in [-0.15, -0.1) is 0 Å². The molecule has 2 aromatic rings. The van der Waals surface area contributed by atoms with Crippen LogP contribution in [0.2, 0.25) is 0 Å². The monoisotopic (exact) mass is 311 g/mol. The van der Waals surface area contributed by atoms with Gasteiger partial charge in [0.2, 0.25) is 0 Å². The van der Waals surface area contributed by atoms with Crippen LogP contribution in [0.25, 0.3) is 0 Å². The second kappa shape index (κ2) is 6.09. The van der Waals surface area contributed by atoms with E-state index < -0.39 is 11.7 Å². The summed E-state index contributed by atoms with van der Waals surface area (Å²) in [6.07, 6.45) is -2.76. The van der Waals surface area contributed by atoms with E-state index in [0.717, 1.165) is 12.1 Å². The smallest absolute Gasteiger partial charge is 0.388 e. The molecule has 21 heavy (non-hydrogen) atoms. The van der Waals surface area contributed by atoms with Gasteiger partial charge in [0.25, 0.3) is 0 Å². The Hall–Kier alpha value is -2.15. The molecule has 1 heterocycles. The van der Waals surface area contributed by atoms with Crippen molar-refractivity contribution < 1.29 is 13.2 Å². The third kappa shape index (κ3) is 3.91. The number of pyridine rings is 1. The number of hydrogen-bond acceptors (Lipinski definition) is 3. The first-order valence-electron chi connectivity index (χ1n) is 6.03. The minimum Gasteiger partial charge on any atom is -0.388 e. The molecule has 2 rings (SSSR count). The van der Waals surface area contributed by atoms with Crippen LogP contribution in [0.1, 0.15) is 16.8 Å². The fraction of sp³-hybridized carbons (Fsp3) is 0.143. The number of nitrogens with zero attached hydrogens (tertiary/aromatic N) is 1. The summed E-state index contributed by atoms with van der Waals surface area (Å²) in [7, 11) is 0. The van der Waals surface area contributed by atoms with Crippen LogP contribution in [0.4, 0.5) is 18.9 Å². The SMILES string of the molecule is NC(=S)c1ncccc1NCc1ccc(C(F)(F)F)cc1. The van der Waals surface area contributed by atoms with E-state index in [4.69, 9.17) is 18.0 Å². The predicted molar refractivity (Wildman–Crippen MR) is 78.9 cm³/mol. The first-order valence-corrected chi connectivity index (χ1v) is 6.43. The highest BCUT2D eigenvalue weighted by atomic mass is 32.1. The van der Waals surface area contributed by atoms with E-state index in [0.29, 0.717) is 23.5 Å². The number of nitrogens with one attached hydrogen (secondary N) is 1. The van der Waals surface area contributed by atoms with E-state index in [1.807, 2.05) is 0 Å². The number of aromatic nitrogens is 1. The molecule has 3 nitrogen and oxygen atoms in total. The number of benzene rings is 1. The number of rotatable bonds is 4. The summed E-state index contributed by atoms with van der Waals surface area (Å²) in [4.78, 5) is 4.22. The van der Waals surface area contributed by atoms with Gasteiger partial charge in [0.15, 0.2) is 0 Å². The van der Waals surface area contributed by atoms with Gasteiger partial charge in [0.1, 0.15) is 10.7 Å².